The lowest BCUT2D eigenvalue weighted by atomic mass is 10.2. The number of hydrogen-bond donors (Lipinski definition) is 1. The first-order chi connectivity index (χ1) is 10.6. The van der Waals surface area contributed by atoms with Gasteiger partial charge in [-0.15, -0.1) is 0 Å². The topological polar surface area (TPSA) is 56.9 Å². The first kappa shape index (κ1) is 14.9. The first-order valence-electron chi connectivity index (χ1n) is 7.16. The molecule has 1 aliphatic heterocycles. The van der Waals surface area contributed by atoms with Gasteiger partial charge in [-0.25, -0.2) is 0 Å². The molecule has 1 aromatic heterocycles. The summed E-state index contributed by atoms with van der Waals surface area (Å²) in [5, 5.41) is 9.96. The summed E-state index contributed by atoms with van der Waals surface area (Å²) in [6.07, 6.45) is 1.09. The van der Waals surface area contributed by atoms with Crippen LogP contribution in [-0.2, 0) is 6.54 Å². The molecule has 1 saturated heterocycles. The summed E-state index contributed by atoms with van der Waals surface area (Å²) in [6.45, 7) is 4.01. The van der Waals surface area contributed by atoms with Gasteiger partial charge >= 0.3 is 0 Å². The van der Waals surface area contributed by atoms with Crippen LogP contribution in [-0.4, -0.2) is 36.2 Å². The lowest BCUT2D eigenvalue weighted by Crippen LogP contribution is -2.46. The van der Waals surface area contributed by atoms with Gasteiger partial charge in [0.15, 0.2) is 5.75 Å². The van der Waals surface area contributed by atoms with Gasteiger partial charge in [-0.2, -0.15) is 0 Å². The molecule has 0 radical (unpaired) electrons. The van der Waals surface area contributed by atoms with Crippen LogP contribution >= 0.6 is 11.6 Å². The smallest absolute Gasteiger partial charge is 0.226 e. The Morgan fingerprint density at radius 3 is 2.59 bits per heavy atom. The normalized spacial score (nSPS) is 16.0. The second-order valence-electron chi connectivity index (χ2n) is 5.31. The molecular weight excluding hydrogens is 304 g/mol. The molecule has 0 unspecified atom stereocenters. The molecule has 1 aromatic carbocycles. The number of para-hydroxylation sites is 1. The van der Waals surface area contributed by atoms with E-state index in [1.807, 2.05) is 24.3 Å². The predicted molar refractivity (Wildman–Crippen MR) is 85.6 cm³/mol. The van der Waals surface area contributed by atoms with Gasteiger partial charge in [0.2, 0.25) is 5.43 Å². The Balaban J connectivity index is 1.61. The number of halogens is 1. The fraction of sp³-hybridized carbons (Fsp3) is 0.312. The molecule has 0 aliphatic carbocycles. The molecule has 0 bridgehead atoms. The molecule has 0 atom stereocenters. The largest absolute Gasteiger partial charge is 0.502 e. The zero-order valence-corrected chi connectivity index (χ0v) is 12.8. The minimum atomic E-state index is -0.407. The van der Waals surface area contributed by atoms with Crippen LogP contribution in [0.3, 0.4) is 0 Å². The highest BCUT2D eigenvalue weighted by Gasteiger charge is 2.19. The lowest BCUT2D eigenvalue weighted by Gasteiger charge is -2.36. The van der Waals surface area contributed by atoms with Crippen molar-refractivity contribution >= 4 is 17.3 Å². The van der Waals surface area contributed by atoms with Gasteiger partial charge in [-0.3, -0.25) is 9.69 Å². The van der Waals surface area contributed by atoms with E-state index in [-0.39, 0.29) is 5.75 Å². The molecule has 1 fully saturated rings. The highest BCUT2D eigenvalue weighted by atomic mass is 35.5. The average Bonchev–Trinajstić information content (AvgIpc) is 2.52. The van der Waals surface area contributed by atoms with E-state index in [0.29, 0.717) is 12.3 Å². The van der Waals surface area contributed by atoms with Crippen molar-refractivity contribution in [1.29, 1.82) is 0 Å². The molecule has 22 heavy (non-hydrogen) atoms. The molecule has 1 N–H and O–H groups in total. The predicted octanol–water partition coefficient (Wildman–Crippen LogP) is 2.32. The summed E-state index contributed by atoms with van der Waals surface area (Å²) in [6, 6.07) is 9.18. The summed E-state index contributed by atoms with van der Waals surface area (Å²) in [5.41, 5.74) is 0.649. The summed E-state index contributed by atoms with van der Waals surface area (Å²) >= 11 is 6.23. The monoisotopic (exact) mass is 320 g/mol. The fourth-order valence-corrected chi connectivity index (χ4v) is 2.86. The van der Waals surface area contributed by atoms with Gasteiger partial charge in [0.25, 0.3) is 0 Å². The van der Waals surface area contributed by atoms with Crippen molar-refractivity contribution in [3.8, 4) is 5.75 Å². The number of rotatable bonds is 3. The Labute approximate surface area is 133 Å². The maximum atomic E-state index is 11.4. The average molecular weight is 321 g/mol. The quantitative estimate of drug-likeness (QED) is 0.940. The van der Waals surface area contributed by atoms with E-state index in [1.54, 1.807) is 0 Å². The van der Waals surface area contributed by atoms with Crippen molar-refractivity contribution in [2.45, 2.75) is 6.54 Å². The molecule has 6 heteroatoms. The summed E-state index contributed by atoms with van der Waals surface area (Å²) < 4.78 is 5.25. The van der Waals surface area contributed by atoms with Crippen molar-refractivity contribution in [3.05, 3.63) is 57.6 Å². The molecular formula is C16H17ClN2O3. The third-order valence-corrected chi connectivity index (χ3v) is 4.13. The van der Waals surface area contributed by atoms with E-state index in [0.717, 1.165) is 43.2 Å². The maximum Gasteiger partial charge on any atom is 0.226 e. The zero-order chi connectivity index (χ0) is 15.5. The van der Waals surface area contributed by atoms with E-state index in [1.165, 1.54) is 6.07 Å². The third-order valence-electron chi connectivity index (χ3n) is 3.81. The second-order valence-corrected chi connectivity index (χ2v) is 5.72. The van der Waals surface area contributed by atoms with Crippen LogP contribution in [0.5, 0.6) is 5.75 Å². The Bertz CT molecular complexity index is 709. The Morgan fingerprint density at radius 1 is 1.18 bits per heavy atom. The van der Waals surface area contributed by atoms with Crippen molar-refractivity contribution in [1.82, 2.24) is 4.90 Å². The molecule has 2 heterocycles. The highest BCUT2D eigenvalue weighted by molar-refractivity contribution is 6.33. The van der Waals surface area contributed by atoms with E-state index in [9.17, 15) is 9.90 Å². The standard InChI is InChI=1S/C16H17ClN2O3/c17-13-3-1-2-4-14(13)19-7-5-18(6-8-19)10-12-9-15(20)16(21)11-22-12/h1-4,9,11,21H,5-8,10H2. The van der Waals surface area contributed by atoms with Crippen LogP contribution < -0.4 is 10.3 Å². The Kier molecular flexibility index (Phi) is 4.36. The van der Waals surface area contributed by atoms with Gasteiger partial charge in [0.05, 0.1) is 17.3 Å². The number of piperazine rings is 1. The van der Waals surface area contributed by atoms with Crippen LogP contribution in [0.25, 0.3) is 0 Å². The fourth-order valence-electron chi connectivity index (χ4n) is 2.60. The highest BCUT2D eigenvalue weighted by Crippen LogP contribution is 2.26. The van der Waals surface area contributed by atoms with Crippen molar-refractivity contribution in [3.63, 3.8) is 0 Å². The van der Waals surface area contributed by atoms with Crippen molar-refractivity contribution in [2.24, 2.45) is 0 Å². The van der Waals surface area contributed by atoms with Crippen LogP contribution in [0.1, 0.15) is 5.76 Å². The summed E-state index contributed by atoms with van der Waals surface area (Å²) in [5.74, 6) is 0.210. The number of aromatic hydroxyl groups is 1. The second kappa shape index (κ2) is 6.42. The van der Waals surface area contributed by atoms with E-state index < -0.39 is 5.43 Å². The molecule has 116 valence electrons. The van der Waals surface area contributed by atoms with E-state index in [4.69, 9.17) is 16.0 Å². The minimum absolute atomic E-state index is 0.354. The first-order valence-corrected chi connectivity index (χ1v) is 7.54. The van der Waals surface area contributed by atoms with Gasteiger partial charge in [0.1, 0.15) is 12.0 Å². The van der Waals surface area contributed by atoms with Crippen molar-refractivity contribution in [2.75, 3.05) is 31.1 Å². The molecule has 0 amide bonds. The Hall–Kier alpha value is -1.98. The molecule has 3 rings (SSSR count). The van der Waals surface area contributed by atoms with Crippen LogP contribution in [0.2, 0.25) is 5.02 Å². The Morgan fingerprint density at radius 2 is 1.91 bits per heavy atom. The van der Waals surface area contributed by atoms with Crippen LogP contribution in [0, 0.1) is 0 Å². The van der Waals surface area contributed by atoms with Gasteiger partial charge in [-0.05, 0) is 12.1 Å². The molecule has 0 spiro atoms. The SMILES string of the molecule is O=c1cc(CN2CCN(c3ccccc3Cl)CC2)occ1O. The van der Waals surface area contributed by atoms with E-state index >= 15 is 0 Å². The number of hydrogen-bond acceptors (Lipinski definition) is 5. The lowest BCUT2D eigenvalue weighted by molar-refractivity contribution is 0.227. The van der Waals surface area contributed by atoms with Gasteiger partial charge in [0, 0.05) is 32.2 Å². The summed E-state index contributed by atoms with van der Waals surface area (Å²) in [7, 11) is 0. The van der Waals surface area contributed by atoms with Gasteiger partial charge < -0.3 is 14.4 Å². The third kappa shape index (κ3) is 3.26. The molecule has 5 nitrogen and oxygen atoms in total. The molecule has 2 aromatic rings. The number of benzene rings is 1. The van der Waals surface area contributed by atoms with Crippen LogP contribution in [0.15, 0.2) is 45.8 Å². The number of nitrogens with zero attached hydrogens (tertiary/aromatic N) is 2. The van der Waals surface area contributed by atoms with E-state index in [2.05, 4.69) is 9.80 Å². The zero-order valence-electron chi connectivity index (χ0n) is 12.0. The van der Waals surface area contributed by atoms with Crippen molar-refractivity contribution < 1.29 is 9.52 Å². The maximum absolute atomic E-state index is 11.4. The molecule has 0 saturated carbocycles. The van der Waals surface area contributed by atoms with Crippen LogP contribution in [0.4, 0.5) is 5.69 Å². The van der Waals surface area contributed by atoms with Gasteiger partial charge in [-0.1, -0.05) is 23.7 Å². The number of anilines is 1. The minimum Gasteiger partial charge on any atom is -0.502 e. The molecule has 1 aliphatic rings. The summed E-state index contributed by atoms with van der Waals surface area (Å²) in [4.78, 5) is 15.9.